The van der Waals surface area contributed by atoms with E-state index in [0.717, 1.165) is 16.7 Å². The Morgan fingerprint density at radius 2 is 1.71 bits per heavy atom. The molecule has 0 saturated carbocycles. The van der Waals surface area contributed by atoms with Crippen LogP contribution in [0.5, 0.6) is 0 Å². The smallest absolute Gasteiger partial charge is 0.407 e. The minimum Gasteiger partial charge on any atom is -0.465 e. The van der Waals surface area contributed by atoms with Crippen molar-refractivity contribution in [2.75, 3.05) is 11.4 Å². The van der Waals surface area contributed by atoms with Gasteiger partial charge in [0.2, 0.25) is 0 Å². The number of rotatable bonds is 6. The highest BCUT2D eigenvalue weighted by Gasteiger charge is 2.54. The average molecular weight is 575 g/mol. The molecule has 2 heterocycles. The predicted octanol–water partition coefficient (Wildman–Crippen LogP) is 5.57. The fourth-order valence-corrected chi connectivity index (χ4v) is 6.86. The molecule has 2 aliphatic heterocycles. The molecule has 0 bridgehead atoms. The molecule has 3 aromatic carbocycles. The van der Waals surface area contributed by atoms with Gasteiger partial charge in [-0.15, -0.1) is 0 Å². The second-order valence-electron chi connectivity index (χ2n) is 10.9. The minimum atomic E-state index is -3.43. The van der Waals surface area contributed by atoms with Gasteiger partial charge in [0.05, 0.1) is 15.8 Å². The lowest BCUT2D eigenvalue weighted by Gasteiger charge is -2.47. The lowest BCUT2D eigenvalue weighted by Crippen LogP contribution is -2.63. The molecule has 9 nitrogen and oxygen atoms in total. The Kier molecular flexibility index (Phi) is 7.61. The number of piperidine rings is 1. The quantitative estimate of drug-likeness (QED) is 0.398. The second-order valence-corrected chi connectivity index (χ2v) is 13.4. The first-order valence-electron chi connectivity index (χ1n) is 13.7. The molecule has 0 radical (unpaired) electrons. The summed E-state index contributed by atoms with van der Waals surface area (Å²) in [4.78, 5) is 33.5. The van der Waals surface area contributed by atoms with Crippen molar-refractivity contribution in [3.05, 3.63) is 84.4 Å². The zero-order chi connectivity index (χ0) is 29.4. The fraction of sp³-hybridized carbons (Fsp3) is 0.323. The highest BCUT2D eigenvalue weighted by atomic mass is 32.2. The van der Waals surface area contributed by atoms with Crippen molar-refractivity contribution >= 4 is 33.5 Å². The topological polar surface area (TPSA) is 119 Å². The monoisotopic (exact) mass is 574 g/mol. The van der Waals surface area contributed by atoms with Crippen molar-refractivity contribution in [1.82, 2.24) is 10.2 Å². The number of hydrogen-bond donors (Lipinski definition) is 2. The van der Waals surface area contributed by atoms with Crippen molar-refractivity contribution < 1.29 is 23.1 Å². The lowest BCUT2D eigenvalue weighted by atomic mass is 9.80. The molecule has 3 amide bonds. The largest absolute Gasteiger partial charge is 0.465 e. The van der Waals surface area contributed by atoms with E-state index in [1.807, 2.05) is 61.5 Å². The number of likely N-dealkylation sites (tertiary alicyclic amines) is 1. The van der Waals surface area contributed by atoms with Crippen LogP contribution >= 0.6 is 0 Å². The van der Waals surface area contributed by atoms with Gasteiger partial charge < -0.3 is 15.3 Å². The number of carboxylic acid groups (broad SMARTS) is 1. The van der Waals surface area contributed by atoms with Gasteiger partial charge in [-0.05, 0) is 62.9 Å². The van der Waals surface area contributed by atoms with Gasteiger partial charge in [0.1, 0.15) is 11.4 Å². The van der Waals surface area contributed by atoms with Gasteiger partial charge in [-0.3, -0.25) is 4.90 Å². The van der Waals surface area contributed by atoms with Gasteiger partial charge in [-0.25, -0.2) is 18.0 Å². The Balaban J connectivity index is 1.55. The summed E-state index contributed by atoms with van der Waals surface area (Å²) < 4.78 is 25.4. The maximum atomic E-state index is 13.7. The van der Waals surface area contributed by atoms with Crippen molar-refractivity contribution in [2.24, 2.45) is 4.99 Å². The van der Waals surface area contributed by atoms with Crippen molar-refractivity contribution in [2.45, 2.75) is 61.9 Å². The molecule has 3 aromatic rings. The Morgan fingerprint density at radius 1 is 1.05 bits per heavy atom. The Bertz CT molecular complexity index is 1590. The molecule has 214 valence electrons. The number of nitrogens with zero attached hydrogens (tertiary/aromatic N) is 3. The first kappa shape index (κ1) is 28.4. The van der Waals surface area contributed by atoms with Gasteiger partial charge in [0.25, 0.3) is 0 Å². The molecule has 0 aliphatic carbocycles. The van der Waals surface area contributed by atoms with Crippen LogP contribution in [0.25, 0.3) is 11.1 Å². The van der Waals surface area contributed by atoms with E-state index in [9.17, 15) is 23.1 Å². The van der Waals surface area contributed by atoms with Crippen molar-refractivity contribution in [3.63, 3.8) is 0 Å². The summed E-state index contributed by atoms with van der Waals surface area (Å²) in [5, 5.41) is 12.6. The van der Waals surface area contributed by atoms with Crippen LogP contribution in [0.3, 0.4) is 0 Å². The third kappa shape index (κ3) is 5.19. The maximum Gasteiger partial charge on any atom is 0.407 e. The number of carbonyl (C=O) groups is 2. The number of benzene rings is 3. The summed E-state index contributed by atoms with van der Waals surface area (Å²) in [6.45, 7) is 5.86. The molecular weight excluding hydrogens is 540 g/mol. The van der Waals surface area contributed by atoms with Gasteiger partial charge in [-0.1, -0.05) is 60.7 Å². The summed E-state index contributed by atoms with van der Waals surface area (Å²) in [6, 6.07) is 23.2. The Hall–Kier alpha value is -4.18. The molecule has 1 saturated heterocycles. The predicted molar refractivity (Wildman–Crippen MR) is 159 cm³/mol. The van der Waals surface area contributed by atoms with E-state index in [4.69, 9.17) is 0 Å². The van der Waals surface area contributed by atoms with Crippen LogP contribution in [0.4, 0.5) is 15.3 Å². The first-order valence-corrected chi connectivity index (χ1v) is 15.2. The molecular formula is C31H34N4O5S. The number of para-hydroxylation sites is 1. The average Bonchev–Trinajstić information content (AvgIpc) is 3.21. The SMILES string of the molecule is CC(C)S(=O)(=O)c1ccc(-c2ccccc2N2C(=O)N=C(NCc3ccccc3)[C@]23CCN(C(=O)O)[C@@H](C)C3)cc1. The number of carbonyl (C=O) groups excluding carboxylic acids is 1. The second kappa shape index (κ2) is 11.0. The molecule has 5 rings (SSSR count). The third-order valence-corrected chi connectivity index (χ3v) is 10.2. The van der Waals surface area contributed by atoms with Crippen LogP contribution in [-0.2, 0) is 16.4 Å². The molecule has 2 aliphatic rings. The number of aliphatic imine (C=N–C) groups is 1. The number of urea groups is 1. The lowest BCUT2D eigenvalue weighted by molar-refractivity contribution is 0.0997. The first-order chi connectivity index (χ1) is 19.5. The zero-order valence-corrected chi connectivity index (χ0v) is 24.1. The summed E-state index contributed by atoms with van der Waals surface area (Å²) >= 11 is 0. The summed E-state index contributed by atoms with van der Waals surface area (Å²) in [5.41, 5.74) is 2.29. The zero-order valence-electron chi connectivity index (χ0n) is 23.3. The van der Waals surface area contributed by atoms with Gasteiger partial charge in [-0.2, -0.15) is 4.99 Å². The molecule has 1 fully saturated rings. The highest BCUT2D eigenvalue weighted by molar-refractivity contribution is 7.92. The number of amides is 3. The molecule has 41 heavy (non-hydrogen) atoms. The number of nitrogens with one attached hydrogen (secondary N) is 1. The molecule has 2 atom stereocenters. The van der Waals surface area contributed by atoms with Crippen LogP contribution in [0.2, 0.25) is 0 Å². The standard InChI is InChI=1S/C31H34N4O5S/c1-21(2)41(39,40)25-15-13-24(14-16-25)26-11-7-8-12-27(26)35-29(36)33-28(32-20-23-9-5-4-6-10-23)31(35)17-18-34(30(37)38)22(3)19-31/h4-16,21-22H,17-20H2,1-3H3,(H,37,38)(H,32,33,36)/t22-,31+/m0/s1. The highest BCUT2D eigenvalue weighted by Crippen LogP contribution is 2.44. The molecule has 10 heteroatoms. The van der Waals surface area contributed by atoms with Crippen molar-refractivity contribution in [3.8, 4) is 11.1 Å². The van der Waals surface area contributed by atoms with Crippen LogP contribution in [0.15, 0.2) is 88.8 Å². The fourth-order valence-electron chi connectivity index (χ4n) is 5.80. The molecule has 1 spiro atoms. The van der Waals surface area contributed by atoms with Gasteiger partial charge >= 0.3 is 12.1 Å². The van der Waals surface area contributed by atoms with E-state index in [1.54, 1.807) is 43.0 Å². The summed E-state index contributed by atoms with van der Waals surface area (Å²) in [6.07, 6.45) is -0.252. The van der Waals surface area contributed by atoms with Crippen LogP contribution in [0, 0.1) is 0 Å². The Labute approximate surface area is 240 Å². The van der Waals surface area contributed by atoms with E-state index in [-0.39, 0.29) is 17.5 Å². The normalized spacial score (nSPS) is 20.9. The van der Waals surface area contributed by atoms with Crippen LogP contribution < -0.4 is 10.2 Å². The number of sulfone groups is 1. The third-order valence-electron chi connectivity index (χ3n) is 8.01. The van der Waals surface area contributed by atoms with E-state index in [1.165, 1.54) is 4.90 Å². The van der Waals surface area contributed by atoms with Gasteiger partial charge in [0.15, 0.2) is 9.84 Å². The molecule has 0 aromatic heterocycles. The Morgan fingerprint density at radius 3 is 2.34 bits per heavy atom. The van der Waals surface area contributed by atoms with Crippen LogP contribution in [-0.4, -0.2) is 59.8 Å². The summed E-state index contributed by atoms with van der Waals surface area (Å²) in [5.74, 6) is 0.524. The molecule has 0 unspecified atom stereocenters. The van der Waals surface area contributed by atoms with Gasteiger partial charge in [0, 0.05) is 24.7 Å². The number of anilines is 1. The van der Waals surface area contributed by atoms with E-state index in [0.29, 0.717) is 30.9 Å². The van der Waals surface area contributed by atoms with E-state index in [2.05, 4.69) is 10.3 Å². The van der Waals surface area contributed by atoms with E-state index < -0.39 is 32.8 Å². The molecule has 2 N–H and O–H groups in total. The minimum absolute atomic E-state index is 0.244. The maximum absolute atomic E-state index is 13.7. The summed E-state index contributed by atoms with van der Waals surface area (Å²) in [7, 11) is -3.43. The van der Waals surface area contributed by atoms with Crippen LogP contribution in [0.1, 0.15) is 39.2 Å². The van der Waals surface area contributed by atoms with E-state index >= 15 is 0 Å². The number of hydrogen-bond acceptors (Lipinski definition) is 5. The number of amidine groups is 1. The van der Waals surface area contributed by atoms with Crippen molar-refractivity contribution in [1.29, 1.82) is 0 Å².